The van der Waals surface area contributed by atoms with Crippen LogP contribution in [0.15, 0.2) is 0 Å². The van der Waals surface area contributed by atoms with E-state index in [1.807, 2.05) is 0 Å². The van der Waals surface area contributed by atoms with Crippen molar-refractivity contribution in [1.82, 2.24) is 0 Å². The highest BCUT2D eigenvalue weighted by Gasteiger charge is 2.13. The van der Waals surface area contributed by atoms with E-state index >= 15 is 0 Å². The zero-order valence-corrected chi connectivity index (χ0v) is 7.46. The average Bonchev–Trinajstić information content (AvgIpc) is 2.08. The minimum Gasteiger partial charge on any atom is -0.206 e. The molecule has 0 unspecified atom stereocenters. The molecule has 1 aromatic rings. The Morgan fingerprint density at radius 2 is 1.17 bits per heavy atom. The van der Waals surface area contributed by atoms with Gasteiger partial charge in [0.2, 0.25) is 0 Å². The molecule has 0 heterocycles. The summed E-state index contributed by atoms with van der Waals surface area (Å²) in [6.45, 7) is 8.25. The molecule has 1 rings (SSSR count). The molecule has 65 valence electrons. The lowest BCUT2D eigenvalue weighted by atomic mass is 9.99. The zero-order valence-electron chi connectivity index (χ0n) is 7.46. The molecule has 0 atom stereocenters. The molecule has 0 aliphatic heterocycles. The predicted octanol–water partition coefficient (Wildman–Crippen LogP) is 3.07. The van der Waals surface area contributed by atoms with Crippen molar-refractivity contribution in [2.45, 2.75) is 20.8 Å². The van der Waals surface area contributed by atoms with Crippen LogP contribution >= 0.6 is 0 Å². The van der Waals surface area contributed by atoms with Gasteiger partial charge in [0.05, 0.1) is 0 Å². The summed E-state index contributed by atoms with van der Waals surface area (Å²) >= 11 is 0. The second kappa shape index (κ2) is 2.85. The van der Waals surface area contributed by atoms with E-state index in [9.17, 15) is 8.78 Å². The lowest BCUT2D eigenvalue weighted by molar-refractivity contribution is 0.555. The lowest BCUT2D eigenvalue weighted by Gasteiger charge is -2.10. The maximum atomic E-state index is 13.2. The summed E-state index contributed by atoms with van der Waals surface area (Å²) in [4.78, 5) is 0. The summed E-state index contributed by atoms with van der Waals surface area (Å²) in [5.41, 5.74) is 1.41. The Morgan fingerprint density at radius 1 is 0.833 bits per heavy atom. The van der Waals surface area contributed by atoms with Gasteiger partial charge in [-0.05, 0) is 44.4 Å². The number of halogens is 2. The van der Waals surface area contributed by atoms with Gasteiger partial charge in [0.1, 0.15) is 11.6 Å². The van der Waals surface area contributed by atoms with Crippen LogP contribution in [0.25, 0.3) is 0 Å². The van der Waals surface area contributed by atoms with Crippen LogP contribution in [-0.2, 0) is 0 Å². The van der Waals surface area contributed by atoms with Gasteiger partial charge in [-0.25, -0.2) is 8.78 Å². The molecule has 12 heavy (non-hydrogen) atoms. The zero-order chi connectivity index (χ0) is 9.46. The van der Waals surface area contributed by atoms with Crippen molar-refractivity contribution in [2.75, 3.05) is 0 Å². The highest BCUT2D eigenvalue weighted by Crippen LogP contribution is 2.23. The van der Waals surface area contributed by atoms with Crippen LogP contribution in [0.3, 0.4) is 0 Å². The molecule has 1 aromatic carbocycles. The molecule has 0 spiro atoms. The Morgan fingerprint density at radius 3 is 1.50 bits per heavy atom. The van der Waals surface area contributed by atoms with E-state index in [0.29, 0.717) is 16.7 Å². The number of hydrogen-bond acceptors (Lipinski definition) is 0. The first-order valence-corrected chi connectivity index (χ1v) is 3.73. The molecule has 0 nitrogen and oxygen atoms in total. The quantitative estimate of drug-likeness (QED) is 0.560. The van der Waals surface area contributed by atoms with Crippen molar-refractivity contribution in [1.29, 1.82) is 0 Å². The largest absolute Gasteiger partial charge is 0.206 e. The van der Waals surface area contributed by atoms with Crippen LogP contribution in [0.2, 0.25) is 0 Å². The predicted molar refractivity (Wildman–Crippen MR) is 45.0 cm³/mol. The molecule has 0 aromatic heterocycles. The monoisotopic (exact) mass is 169 g/mol. The molecule has 0 aliphatic rings. The van der Waals surface area contributed by atoms with Crippen molar-refractivity contribution in [3.05, 3.63) is 40.8 Å². The highest BCUT2D eigenvalue weighted by atomic mass is 19.1. The highest BCUT2D eigenvalue weighted by molar-refractivity contribution is 5.41. The van der Waals surface area contributed by atoms with Crippen LogP contribution in [0.5, 0.6) is 0 Å². The Bertz CT molecular complexity index is 222. The molecular formula is C10H11F2. The topological polar surface area (TPSA) is 0 Å². The Kier molecular flexibility index (Phi) is 2.18. The molecular weight excluding hydrogens is 158 g/mol. The summed E-state index contributed by atoms with van der Waals surface area (Å²) < 4.78 is 26.3. The van der Waals surface area contributed by atoms with Crippen LogP contribution < -0.4 is 0 Å². The van der Waals surface area contributed by atoms with Crippen molar-refractivity contribution >= 4 is 0 Å². The van der Waals surface area contributed by atoms with Crippen molar-refractivity contribution in [3.63, 3.8) is 0 Å². The molecule has 0 saturated heterocycles. The normalized spacial score (nSPS) is 10.5. The Balaban J connectivity index is 3.60. The summed E-state index contributed by atoms with van der Waals surface area (Å²) in [6.07, 6.45) is 0. The summed E-state index contributed by atoms with van der Waals surface area (Å²) in [6, 6.07) is 0. The van der Waals surface area contributed by atoms with Crippen LogP contribution in [0.4, 0.5) is 8.78 Å². The van der Waals surface area contributed by atoms with Crippen LogP contribution in [0.1, 0.15) is 22.3 Å². The van der Waals surface area contributed by atoms with E-state index in [2.05, 4.69) is 6.92 Å². The maximum absolute atomic E-state index is 13.2. The number of rotatable bonds is 0. The standard InChI is InChI=1S/C10H11F2/c1-5-6(2)9(11)8(4)10(12)7(5)3/h1H2,2-4H3. The fourth-order valence-corrected chi connectivity index (χ4v) is 1.21. The summed E-state index contributed by atoms with van der Waals surface area (Å²) in [5, 5.41) is 0. The van der Waals surface area contributed by atoms with E-state index in [1.165, 1.54) is 6.92 Å². The fourth-order valence-electron chi connectivity index (χ4n) is 1.21. The third-order valence-electron chi connectivity index (χ3n) is 2.22. The SMILES string of the molecule is [CH2]c1c(C)c(F)c(C)c(F)c1C. The third-order valence-corrected chi connectivity index (χ3v) is 2.22. The number of benzene rings is 1. The van der Waals surface area contributed by atoms with Gasteiger partial charge in [0.15, 0.2) is 0 Å². The van der Waals surface area contributed by atoms with Crippen molar-refractivity contribution in [3.8, 4) is 0 Å². The Labute approximate surface area is 71.2 Å². The minimum atomic E-state index is -0.483. The Hall–Kier alpha value is -0.920. The van der Waals surface area contributed by atoms with Gasteiger partial charge < -0.3 is 0 Å². The second-order valence-electron chi connectivity index (χ2n) is 2.98. The van der Waals surface area contributed by atoms with Crippen molar-refractivity contribution in [2.24, 2.45) is 0 Å². The second-order valence-corrected chi connectivity index (χ2v) is 2.98. The minimum absolute atomic E-state index is 0.0809. The molecule has 0 N–H and O–H groups in total. The van der Waals surface area contributed by atoms with E-state index in [4.69, 9.17) is 0 Å². The van der Waals surface area contributed by atoms with Gasteiger partial charge in [0, 0.05) is 5.56 Å². The van der Waals surface area contributed by atoms with Gasteiger partial charge in [-0.2, -0.15) is 0 Å². The van der Waals surface area contributed by atoms with E-state index < -0.39 is 11.6 Å². The molecule has 0 saturated carbocycles. The van der Waals surface area contributed by atoms with Crippen LogP contribution in [0, 0.1) is 39.3 Å². The van der Waals surface area contributed by atoms with E-state index in [1.54, 1.807) is 13.8 Å². The molecule has 0 bridgehead atoms. The molecule has 1 radical (unpaired) electrons. The summed E-state index contributed by atoms with van der Waals surface area (Å²) in [5.74, 6) is -0.966. The first kappa shape index (κ1) is 9.17. The van der Waals surface area contributed by atoms with E-state index in [0.717, 1.165) is 0 Å². The van der Waals surface area contributed by atoms with Gasteiger partial charge in [-0.1, -0.05) is 0 Å². The van der Waals surface area contributed by atoms with Gasteiger partial charge in [0.25, 0.3) is 0 Å². The third kappa shape index (κ3) is 1.11. The number of hydrogen-bond donors (Lipinski definition) is 0. The smallest absolute Gasteiger partial charge is 0.132 e. The van der Waals surface area contributed by atoms with Crippen molar-refractivity contribution < 1.29 is 8.78 Å². The molecule has 0 aliphatic carbocycles. The lowest BCUT2D eigenvalue weighted by Crippen LogP contribution is -2.00. The molecule has 2 heteroatoms. The van der Waals surface area contributed by atoms with Gasteiger partial charge in [-0.3, -0.25) is 0 Å². The maximum Gasteiger partial charge on any atom is 0.132 e. The van der Waals surface area contributed by atoms with E-state index in [-0.39, 0.29) is 5.56 Å². The van der Waals surface area contributed by atoms with Crippen LogP contribution in [-0.4, -0.2) is 0 Å². The first-order chi connectivity index (χ1) is 5.46. The average molecular weight is 169 g/mol. The fraction of sp³-hybridized carbons (Fsp3) is 0.300. The van der Waals surface area contributed by atoms with Gasteiger partial charge >= 0.3 is 0 Å². The first-order valence-electron chi connectivity index (χ1n) is 3.73. The molecule has 0 fully saturated rings. The summed E-state index contributed by atoms with van der Waals surface area (Å²) in [7, 11) is 0. The molecule has 0 amide bonds. The van der Waals surface area contributed by atoms with Gasteiger partial charge in [-0.15, -0.1) is 0 Å².